The third kappa shape index (κ3) is 1.44. The van der Waals surface area contributed by atoms with Gasteiger partial charge in [-0.3, -0.25) is 0 Å². The second-order valence-corrected chi connectivity index (χ2v) is 4.73. The van der Waals surface area contributed by atoms with Gasteiger partial charge in [0, 0.05) is 15.6 Å². The van der Waals surface area contributed by atoms with E-state index in [4.69, 9.17) is 34.8 Å². The average molecular weight is 251 g/mol. The van der Waals surface area contributed by atoms with Gasteiger partial charge in [0.2, 0.25) is 0 Å². The molecule has 0 saturated carbocycles. The minimum Gasteiger partial charge on any atom is -0.148 e. The van der Waals surface area contributed by atoms with Crippen LogP contribution >= 0.6 is 46.1 Å². The van der Waals surface area contributed by atoms with Crippen molar-refractivity contribution < 1.29 is 0 Å². The molecule has 1 radical (unpaired) electrons. The SMILES string of the molecule is [CH2]c1scc2c(Cl)c(Cl)c(Cl)cc12. The molecule has 2 rings (SSSR count). The van der Waals surface area contributed by atoms with Crippen LogP contribution in [0.2, 0.25) is 15.1 Å². The third-order valence-electron chi connectivity index (χ3n) is 1.82. The van der Waals surface area contributed by atoms with Gasteiger partial charge in [0.25, 0.3) is 0 Å². The lowest BCUT2D eigenvalue weighted by molar-refractivity contribution is 1.81. The number of thiophene rings is 1. The molecule has 4 heteroatoms. The Morgan fingerprint density at radius 1 is 1.08 bits per heavy atom. The molecule has 2 aromatic rings. The molecule has 13 heavy (non-hydrogen) atoms. The van der Waals surface area contributed by atoms with Crippen molar-refractivity contribution in [3.8, 4) is 0 Å². The van der Waals surface area contributed by atoms with E-state index in [1.165, 1.54) is 11.3 Å². The van der Waals surface area contributed by atoms with Crippen LogP contribution in [0.3, 0.4) is 0 Å². The molecular weight excluding hydrogens is 247 g/mol. The maximum Gasteiger partial charge on any atom is 0.0785 e. The highest BCUT2D eigenvalue weighted by Crippen LogP contribution is 2.39. The smallest absolute Gasteiger partial charge is 0.0785 e. The molecule has 0 spiro atoms. The first-order valence-electron chi connectivity index (χ1n) is 3.48. The zero-order valence-corrected chi connectivity index (χ0v) is 9.49. The minimum absolute atomic E-state index is 0.411. The Bertz CT molecular complexity index is 473. The Morgan fingerprint density at radius 3 is 2.46 bits per heavy atom. The molecule has 1 heterocycles. The topological polar surface area (TPSA) is 0 Å². The van der Waals surface area contributed by atoms with Crippen molar-refractivity contribution in [2.24, 2.45) is 0 Å². The molecule has 0 aliphatic heterocycles. The minimum atomic E-state index is 0.411. The molecular formula is C9H4Cl3S. The lowest BCUT2D eigenvalue weighted by atomic mass is 10.2. The van der Waals surface area contributed by atoms with E-state index in [2.05, 4.69) is 6.92 Å². The van der Waals surface area contributed by atoms with Gasteiger partial charge in [0.1, 0.15) is 0 Å². The Labute approximate surface area is 95.0 Å². The number of benzene rings is 1. The fourth-order valence-electron chi connectivity index (χ4n) is 1.15. The van der Waals surface area contributed by atoms with Gasteiger partial charge in [-0.2, -0.15) is 0 Å². The highest BCUT2D eigenvalue weighted by Gasteiger charge is 2.11. The van der Waals surface area contributed by atoms with E-state index >= 15 is 0 Å². The summed E-state index contributed by atoms with van der Waals surface area (Å²) in [6.07, 6.45) is 0. The summed E-state index contributed by atoms with van der Waals surface area (Å²) in [5.41, 5.74) is 0. The van der Waals surface area contributed by atoms with Crippen LogP contribution < -0.4 is 0 Å². The Kier molecular flexibility index (Phi) is 2.45. The lowest BCUT2D eigenvalue weighted by Crippen LogP contribution is -1.74. The molecule has 0 aliphatic rings. The summed E-state index contributed by atoms with van der Waals surface area (Å²) in [4.78, 5) is 0.954. The van der Waals surface area contributed by atoms with Crippen LogP contribution in [0.5, 0.6) is 0 Å². The van der Waals surface area contributed by atoms with Gasteiger partial charge in [0.05, 0.1) is 15.1 Å². The van der Waals surface area contributed by atoms with Gasteiger partial charge in [0.15, 0.2) is 0 Å². The second kappa shape index (κ2) is 3.32. The van der Waals surface area contributed by atoms with Gasteiger partial charge < -0.3 is 0 Å². The fraction of sp³-hybridized carbons (Fsp3) is 0. The number of halogens is 3. The molecule has 67 valence electrons. The standard InChI is InChI=1S/C9H4Cl3S/c1-4-5-2-7(10)9(12)8(11)6(5)3-13-4/h2-3H,1H2. The van der Waals surface area contributed by atoms with Crippen molar-refractivity contribution in [2.45, 2.75) is 0 Å². The second-order valence-electron chi connectivity index (χ2n) is 2.61. The van der Waals surface area contributed by atoms with Crippen molar-refractivity contribution >= 4 is 56.9 Å². The van der Waals surface area contributed by atoms with E-state index in [-0.39, 0.29) is 0 Å². The molecule has 0 amide bonds. The Morgan fingerprint density at radius 2 is 1.77 bits per heavy atom. The summed E-state index contributed by atoms with van der Waals surface area (Å²) in [7, 11) is 0. The summed E-state index contributed by atoms with van der Waals surface area (Å²) in [6, 6.07) is 1.80. The first-order chi connectivity index (χ1) is 6.11. The van der Waals surface area contributed by atoms with Crippen LogP contribution in [0.25, 0.3) is 10.8 Å². The summed E-state index contributed by atoms with van der Waals surface area (Å²) >= 11 is 19.3. The maximum atomic E-state index is 6.01. The van der Waals surface area contributed by atoms with Crippen LogP contribution in [-0.4, -0.2) is 0 Å². The molecule has 0 atom stereocenters. The van der Waals surface area contributed by atoms with E-state index < -0.39 is 0 Å². The fourth-order valence-corrected chi connectivity index (χ4v) is 2.68. The van der Waals surface area contributed by atoms with E-state index in [0.29, 0.717) is 15.1 Å². The van der Waals surface area contributed by atoms with Gasteiger partial charge in [-0.05, 0) is 18.4 Å². The summed E-state index contributed by atoms with van der Waals surface area (Å²) < 4.78 is 0. The third-order valence-corrected chi connectivity index (χ3v) is 3.95. The predicted molar refractivity (Wildman–Crippen MR) is 61.3 cm³/mol. The van der Waals surface area contributed by atoms with Crippen molar-refractivity contribution in [1.82, 2.24) is 0 Å². The normalized spacial score (nSPS) is 11.1. The van der Waals surface area contributed by atoms with Crippen molar-refractivity contribution in [2.75, 3.05) is 0 Å². The molecule has 0 aliphatic carbocycles. The molecule has 0 fully saturated rings. The Balaban J connectivity index is 2.96. The maximum absolute atomic E-state index is 6.01. The van der Waals surface area contributed by atoms with Gasteiger partial charge >= 0.3 is 0 Å². The number of fused-ring (bicyclic) bond motifs is 1. The highest BCUT2D eigenvalue weighted by molar-refractivity contribution is 7.12. The Hall–Kier alpha value is 0.0500. The van der Waals surface area contributed by atoms with Crippen LogP contribution in [-0.2, 0) is 0 Å². The van der Waals surface area contributed by atoms with Crippen molar-refractivity contribution in [3.05, 3.63) is 38.3 Å². The van der Waals surface area contributed by atoms with Crippen LogP contribution in [0.15, 0.2) is 11.4 Å². The quantitative estimate of drug-likeness (QED) is 0.574. The zero-order chi connectivity index (χ0) is 9.59. The van der Waals surface area contributed by atoms with Gasteiger partial charge in [-0.15, -0.1) is 11.3 Å². The summed E-state index contributed by atoms with van der Waals surface area (Å²) in [6.45, 7) is 3.88. The molecule has 0 saturated heterocycles. The van der Waals surface area contributed by atoms with Crippen molar-refractivity contribution in [3.63, 3.8) is 0 Å². The van der Waals surface area contributed by atoms with Crippen molar-refractivity contribution in [1.29, 1.82) is 0 Å². The summed E-state index contributed by atoms with van der Waals surface area (Å²) in [5, 5.41) is 5.23. The number of rotatable bonds is 0. The molecule has 1 aromatic heterocycles. The number of hydrogen-bond acceptors (Lipinski definition) is 1. The van der Waals surface area contributed by atoms with Crippen LogP contribution in [0.4, 0.5) is 0 Å². The van der Waals surface area contributed by atoms with E-state index in [0.717, 1.165) is 15.6 Å². The largest absolute Gasteiger partial charge is 0.148 e. The lowest BCUT2D eigenvalue weighted by Gasteiger charge is -2.00. The predicted octanol–water partition coefficient (Wildman–Crippen LogP) is 5.04. The zero-order valence-electron chi connectivity index (χ0n) is 6.40. The van der Waals surface area contributed by atoms with E-state index in [1.54, 1.807) is 6.07 Å². The molecule has 0 N–H and O–H groups in total. The van der Waals surface area contributed by atoms with Gasteiger partial charge in [-0.25, -0.2) is 0 Å². The van der Waals surface area contributed by atoms with E-state index in [9.17, 15) is 0 Å². The average Bonchev–Trinajstić information content (AvgIpc) is 2.45. The first-order valence-corrected chi connectivity index (χ1v) is 5.49. The van der Waals surface area contributed by atoms with Crippen LogP contribution in [0.1, 0.15) is 4.88 Å². The molecule has 0 nitrogen and oxygen atoms in total. The molecule has 1 aromatic carbocycles. The van der Waals surface area contributed by atoms with Crippen LogP contribution in [0, 0.1) is 6.92 Å². The van der Waals surface area contributed by atoms with Gasteiger partial charge in [-0.1, -0.05) is 34.8 Å². The summed E-state index contributed by atoms with van der Waals surface area (Å²) in [5.74, 6) is 0. The first kappa shape index (κ1) is 9.60. The van der Waals surface area contributed by atoms with E-state index in [1.807, 2.05) is 5.38 Å². The number of hydrogen-bond donors (Lipinski definition) is 0. The monoisotopic (exact) mass is 249 g/mol. The highest BCUT2D eigenvalue weighted by atomic mass is 35.5. The molecule has 0 unspecified atom stereocenters. The molecule has 0 bridgehead atoms.